The van der Waals surface area contributed by atoms with Crippen LogP contribution in [-0.2, 0) is 22.6 Å². The fourth-order valence-electron chi connectivity index (χ4n) is 3.75. The summed E-state index contributed by atoms with van der Waals surface area (Å²) in [5.74, 6) is -0.0428. The number of benzene rings is 3. The molecule has 1 fully saturated rings. The number of halogens is 2. The predicted molar refractivity (Wildman–Crippen MR) is 138 cm³/mol. The quantitative estimate of drug-likeness (QED) is 0.356. The van der Waals surface area contributed by atoms with E-state index in [2.05, 4.69) is 33.7 Å². The molecule has 0 aliphatic carbocycles. The molecular weight excluding hydrogens is 518 g/mol. The van der Waals surface area contributed by atoms with Gasteiger partial charge in [0.2, 0.25) is 11.8 Å². The lowest BCUT2D eigenvalue weighted by atomic mass is 10.1. The van der Waals surface area contributed by atoms with Crippen molar-refractivity contribution in [2.45, 2.75) is 26.4 Å². The van der Waals surface area contributed by atoms with Crippen LogP contribution in [0.15, 0.2) is 71.2 Å². The van der Waals surface area contributed by atoms with E-state index in [-0.39, 0.29) is 18.2 Å². The molecule has 3 aromatic rings. The van der Waals surface area contributed by atoms with Gasteiger partial charge in [0.15, 0.2) is 0 Å². The summed E-state index contributed by atoms with van der Waals surface area (Å²) in [4.78, 5) is 26.8. The molecular formula is C26H25BrClN3O3. The maximum Gasteiger partial charge on any atom is 0.243 e. The number of ether oxygens (including phenoxy) is 1. The van der Waals surface area contributed by atoms with Crippen molar-refractivity contribution in [3.63, 3.8) is 0 Å². The topological polar surface area (TPSA) is 70.7 Å². The highest BCUT2D eigenvalue weighted by atomic mass is 79.9. The van der Waals surface area contributed by atoms with Crippen LogP contribution in [0.4, 0.5) is 11.4 Å². The number of aryl methyl sites for hydroxylation is 1. The molecule has 4 rings (SSSR count). The zero-order valence-corrected chi connectivity index (χ0v) is 21.0. The normalized spacial score (nSPS) is 15.3. The largest absolute Gasteiger partial charge is 0.488 e. The number of hydrogen-bond acceptors (Lipinski definition) is 4. The van der Waals surface area contributed by atoms with E-state index < -0.39 is 5.92 Å². The molecule has 3 aromatic carbocycles. The van der Waals surface area contributed by atoms with Gasteiger partial charge in [-0.15, -0.1) is 0 Å². The van der Waals surface area contributed by atoms with Gasteiger partial charge in [-0.1, -0.05) is 48.9 Å². The minimum absolute atomic E-state index is 0.0489. The van der Waals surface area contributed by atoms with Crippen molar-refractivity contribution < 1.29 is 14.3 Å². The van der Waals surface area contributed by atoms with Gasteiger partial charge in [-0.2, -0.15) is 0 Å². The van der Waals surface area contributed by atoms with Crippen LogP contribution in [0.1, 0.15) is 24.5 Å². The Morgan fingerprint density at radius 2 is 1.91 bits per heavy atom. The van der Waals surface area contributed by atoms with Crippen LogP contribution >= 0.6 is 27.5 Å². The van der Waals surface area contributed by atoms with Crippen molar-refractivity contribution >= 4 is 50.7 Å². The van der Waals surface area contributed by atoms with Crippen LogP contribution in [0.5, 0.6) is 5.75 Å². The van der Waals surface area contributed by atoms with Gasteiger partial charge in [-0.25, -0.2) is 0 Å². The monoisotopic (exact) mass is 541 g/mol. The van der Waals surface area contributed by atoms with Crippen LogP contribution in [0.25, 0.3) is 0 Å². The Bertz CT molecular complexity index is 1190. The lowest BCUT2D eigenvalue weighted by Crippen LogP contribution is -2.36. The molecule has 1 atom stereocenters. The van der Waals surface area contributed by atoms with E-state index in [1.54, 1.807) is 17.0 Å². The summed E-state index contributed by atoms with van der Waals surface area (Å²) < 4.78 is 6.59. The van der Waals surface area contributed by atoms with Gasteiger partial charge in [0.05, 0.1) is 16.1 Å². The van der Waals surface area contributed by atoms with Crippen LogP contribution in [0.2, 0.25) is 5.02 Å². The number of carbonyl (C=O) groups is 2. The number of carbonyl (C=O) groups excluding carboxylic acids is 2. The zero-order valence-electron chi connectivity index (χ0n) is 18.7. The van der Waals surface area contributed by atoms with Crippen molar-refractivity contribution in [3.8, 4) is 5.75 Å². The first-order chi connectivity index (χ1) is 16.4. The van der Waals surface area contributed by atoms with E-state index in [0.29, 0.717) is 29.6 Å². The van der Waals surface area contributed by atoms with Gasteiger partial charge in [-0.05, 0) is 64.3 Å². The molecule has 0 spiro atoms. The number of hydrazine groups is 1. The number of hydrogen-bond donors (Lipinski definition) is 2. The first kappa shape index (κ1) is 24.1. The van der Waals surface area contributed by atoms with Gasteiger partial charge in [-0.3, -0.25) is 20.4 Å². The summed E-state index contributed by atoms with van der Waals surface area (Å²) in [5.41, 5.74) is 9.24. The molecule has 34 heavy (non-hydrogen) atoms. The van der Waals surface area contributed by atoms with Crippen molar-refractivity contribution in [1.29, 1.82) is 0 Å². The van der Waals surface area contributed by atoms with E-state index in [0.717, 1.165) is 22.1 Å². The Morgan fingerprint density at radius 1 is 1.15 bits per heavy atom. The van der Waals surface area contributed by atoms with Crippen LogP contribution in [0.3, 0.4) is 0 Å². The molecule has 176 valence electrons. The van der Waals surface area contributed by atoms with Crippen molar-refractivity contribution in [2.24, 2.45) is 5.92 Å². The third kappa shape index (κ3) is 5.72. The molecule has 2 amide bonds. The molecule has 2 N–H and O–H groups in total. The Kier molecular flexibility index (Phi) is 7.75. The fourth-order valence-corrected chi connectivity index (χ4v) is 4.43. The lowest BCUT2D eigenvalue weighted by molar-refractivity contribution is -0.125. The number of amides is 2. The van der Waals surface area contributed by atoms with E-state index in [4.69, 9.17) is 16.3 Å². The molecule has 1 saturated heterocycles. The third-order valence-electron chi connectivity index (χ3n) is 5.76. The summed E-state index contributed by atoms with van der Waals surface area (Å²) in [7, 11) is 0. The molecule has 0 bridgehead atoms. The number of rotatable bonds is 8. The van der Waals surface area contributed by atoms with Gasteiger partial charge in [0.1, 0.15) is 12.4 Å². The molecule has 6 nitrogen and oxygen atoms in total. The summed E-state index contributed by atoms with van der Waals surface area (Å²) >= 11 is 9.68. The molecule has 1 aliphatic heterocycles. The minimum Gasteiger partial charge on any atom is -0.488 e. The highest BCUT2D eigenvalue weighted by Gasteiger charge is 2.35. The Balaban J connectivity index is 1.30. The van der Waals surface area contributed by atoms with E-state index >= 15 is 0 Å². The number of nitrogens with zero attached hydrogens (tertiary/aromatic N) is 1. The van der Waals surface area contributed by atoms with E-state index in [1.165, 1.54) is 5.56 Å². The van der Waals surface area contributed by atoms with Crippen molar-refractivity contribution in [1.82, 2.24) is 5.43 Å². The molecule has 0 aromatic heterocycles. The first-order valence-corrected chi connectivity index (χ1v) is 12.2. The highest BCUT2D eigenvalue weighted by molar-refractivity contribution is 9.10. The van der Waals surface area contributed by atoms with Crippen molar-refractivity contribution in [2.75, 3.05) is 16.9 Å². The lowest BCUT2D eigenvalue weighted by Gasteiger charge is -2.17. The summed E-state index contributed by atoms with van der Waals surface area (Å²) in [5, 5.41) is 0.654. The smallest absolute Gasteiger partial charge is 0.243 e. The van der Waals surface area contributed by atoms with Gasteiger partial charge < -0.3 is 9.64 Å². The second-order valence-corrected chi connectivity index (χ2v) is 9.33. The second-order valence-electron chi connectivity index (χ2n) is 8.06. The summed E-state index contributed by atoms with van der Waals surface area (Å²) in [6, 6.07) is 20.8. The van der Waals surface area contributed by atoms with Gasteiger partial charge >= 0.3 is 0 Å². The molecule has 1 heterocycles. The maximum absolute atomic E-state index is 12.7. The SMILES string of the molecule is CCc1ccc(N2C[C@@H](C(=O)NNc3ccc(OCc4ccccc4Cl)c(Br)c3)CC2=O)cc1. The summed E-state index contributed by atoms with van der Waals surface area (Å²) in [6.07, 6.45) is 1.12. The first-order valence-electron chi connectivity index (χ1n) is 11.1. The van der Waals surface area contributed by atoms with Crippen LogP contribution in [0, 0.1) is 5.92 Å². The summed E-state index contributed by atoms with van der Waals surface area (Å²) in [6.45, 7) is 2.79. The predicted octanol–water partition coefficient (Wildman–Crippen LogP) is 5.74. The Morgan fingerprint density at radius 3 is 2.62 bits per heavy atom. The molecule has 8 heteroatoms. The highest BCUT2D eigenvalue weighted by Crippen LogP contribution is 2.30. The standard InChI is InChI=1S/C26H25BrClN3O3/c1-2-17-7-10-21(11-8-17)31-15-19(13-25(31)32)26(33)30-29-20-9-12-24(22(27)14-20)34-16-18-5-3-4-6-23(18)28/h3-12,14,19,29H,2,13,15-16H2,1H3,(H,30,33)/t19-/m0/s1. The molecule has 1 aliphatic rings. The number of nitrogens with one attached hydrogen (secondary N) is 2. The Labute approximate surface area is 212 Å². The molecule has 0 unspecified atom stereocenters. The molecule has 0 saturated carbocycles. The maximum atomic E-state index is 12.7. The number of anilines is 2. The average molecular weight is 543 g/mol. The van der Waals surface area contributed by atoms with E-state index in [1.807, 2.05) is 54.6 Å². The van der Waals surface area contributed by atoms with Gasteiger partial charge in [0, 0.05) is 29.2 Å². The molecule has 0 radical (unpaired) electrons. The zero-order chi connectivity index (χ0) is 24.1. The minimum atomic E-state index is -0.424. The Hall–Kier alpha value is -3.03. The third-order valence-corrected chi connectivity index (χ3v) is 6.74. The average Bonchev–Trinajstić information content (AvgIpc) is 3.24. The van der Waals surface area contributed by atoms with Crippen LogP contribution in [-0.4, -0.2) is 18.4 Å². The van der Waals surface area contributed by atoms with Crippen LogP contribution < -0.4 is 20.5 Å². The second kappa shape index (κ2) is 10.9. The van der Waals surface area contributed by atoms with Crippen molar-refractivity contribution in [3.05, 3.63) is 87.4 Å². The van der Waals surface area contributed by atoms with E-state index in [9.17, 15) is 9.59 Å². The fraction of sp³-hybridized carbons (Fsp3) is 0.231. The van der Waals surface area contributed by atoms with Gasteiger partial charge in [0.25, 0.3) is 0 Å².